The van der Waals surface area contributed by atoms with Gasteiger partial charge < -0.3 is 54.9 Å². The van der Waals surface area contributed by atoms with Crippen LogP contribution in [0.3, 0.4) is 0 Å². The number of nitrogen functional groups attached to an aromatic ring is 1. The molecule has 0 saturated carbocycles. The number of amides is 2. The minimum absolute atomic E-state index is 0.0463. The topological polar surface area (TPSA) is 390 Å². The first-order valence-electron chi connectivity index (χ1n) is 21.3. The van der Waals surface area contributed by atoms with Crippen LogP contribution in [0.25, 0.3) is 90.2 Å². The molecule has 5 heterocycles. The molecule has 74 heavy (non-hydrogen) atoms. The van der Waals surface area contributed by atoms with Gasteiger partial charge >= 0.3 is 17.3 Å². The number of nitro benzene ring substituents is 2. The quantitative estimate of drug-likeness (QED) is 0.0308. The molecule has 0 radical (unpaired) electrons. The van der Waals surface area contributed by atoms with E-state index in [0.717, 1.165) is 19.2 Å². The monoisotopic (exact) mass is 999 g/mol. The van der Waals surface area contributed by atoms with Crippen LogP contribution < -0.4 is 17.2 Å². The van der Waals surface area contributed by atoms with E-state index in [1.807, 2.05) is 72.8 Å². The van der Waals surface area contributed by atoms with Gasteiger partial charge in [0.1, 0.15) is 27.6 Å². The smallest absolute Gasteiger partial charge is 0.341 e. The molecule has 0 saturated heterocycles. The number of aromatic nitrogens is 4. The number of carbonyl (C=O) groups is 3. The highest BCUT2D eigenvalue weighted by molar-refractivity contribution is 6.00. The highest BCUT2D eigenvalue weighted by Gasteiger charge is 2.26. The molecule has 0 atom stereocenters. The Hall–Kier alpha value is -11.2. The lowest BCUT2D eigenvalue weighted by Crippen LogP contribution is -2.11. The fraction of sp³-hybridized carbons (Fsp3) is 0.0200. The number of nitrogens with zero attached hydrogens (tertiary/aromatic N) is 6. The van der Waals surface area contributed by atoms with E-state index in [9.17, 15) is 44.8 Å². The largest absolute Gasteiger partial charge is 0.505 e. The number of phenolic OH excluding ortho intramolecular Hbond substituents is 1. The van der Waals surface area contributed by atoms with Crippen molar-refractivity contribution < 1.29 is 62.0 Å². The van der Waals surface area contributed by atoms with Gasteiger partial charge in [-0.1, -0.05) is 42.5 Å². The normalized spacial score (nSPS) is 10.9. The van der Waals surface area contributed by atoms with E-state index in [-0.39, 0.29) is 28.1 Å². The number of methoxy groups -OCH3 is 1. The van der Waals surface area contributed by atoms with Crippen molar-refractivity contribution in [1.82, 2.24) is 19.9 Å². The lowest BCUT2D eigenvalue weighted by atomic mass is 10.1. The Kier molecular flexibility index (Phi) is 12.5. The molecule has 1 aliphatic heterocycles. The Morgan fingerprint density at radius 2 is 0.770 bits per heavy atom. The van der Waals surface area contributed by atoms with Crippen LogP contribution >= 0.6 is 0 Å². The van der Waals surface area contributed by atoms with Gasteiger partial charge in [-0.3, -0.25) is 29.8 Å². The molecule has 0 fully saturated rings. The van der Waals surface area contributed by atoms with Gasteiger partial charge in [0.25, 0.3) is 11.8 Å². The van der Waals surface area contributed by atoms with Crippen molar-refractivity contribution in [3.05, 3.63) is 164 Å². The fourth-order valence-corrected chi connectivity index (χ4v) is 7.52. The Balaban J connectivity index is 0.000000146. The lowest BCUT2D eigenvalue weighted by Gasteiger charge is -2.01. The zero-order valence-electron chi connectivity index (χ0n) is 37.8. The van der Waals surface area contributed by atoms with Gasteiger partial charge in [0.2, 0.25) is 35.1 Å². The summed E-state index contributed by atoms with van der Waals surface area (Å²) in [5, 5.41) is 48.3. The predicted molar refractivity (Wildman–Crippen MR) is 262 cm³/mol. The standard InChI is InChI=1S/C28H12N4O4.C8H7NO5.C7H6N2O4.C7H8N2O2/c1-5-13-21-17(9-1)29-26(33-21)14-6-2-11-19-23(14)35-28(31-19)16-8-4-12-20-24(16)36-27(32-20)15-7-3-10-18-22(15)34-25(13)30-18;1-14-8(11)5-3-2-4-6(7(5)10)9(12)13;8-7(11)4-2-1-3-5(6(4)10)9(12)13;8-5-3-1-2-4(6(5)10)7(9)11/h1-12H;2-4,10H,1H3;1-3,10H,(H2,8,11);1-3,10H,8H2,(H2,9,11). The summed E-state index contributed by atoms with van der Waals surface area (Å²) >= 11 is 0. The van der Waals surface area contributed by atoms with Crippen molar-refractivity contribution in [2.45, 2.75) is 0 Å². The summed E-state index contributed by atoms with van der Waals surface area (Å²) in [6.07, 6.45) is 0. The lowest BCUT2D eigenvalue weighted by molar-refractivity contribution is -0.386. The number of ether oxygens (including phenoxy) is 1. The van der Waals surface area contributed by atoms with Gasteiger partial charge in [-0.25, -0.2) is 24.7 Å². The summed E-state index contributed by atoms with van der Waals surface area (Å²) in [6, 6.07) is 34.5. The number of carbonyl (C=O) groups excluding carboxylic acids is 3. The Morgan fingerprint density at radius 1 is 0.473 bits per heavy atom. The number of nitrogens with two attached hydrogens (primary N) is 3. The Labute approximate surface area is 411 Å². The molecule has 7 aromatic carbocycles. The molecule has 0 unspecified atom stereocenters. The van der Waals surface area contributed by atoms with Crippen LogP contribution in [0.15, 0.2) is 145 Å². The van der Waals surface area contributed by atoms with Crippen molar-refractivity contribution >= 4 is 79.2 Å². The third-order valence-electron chi connectivity index (χ3n) is 11.0. The number of nitro groups is 2. The van der Waals surface area contributed by atoms with E-state index in [2.05, 4.69) is 4.74 Å². The molecule has 12 rings (SSSR count). The van der Waals surface area contributed by atoms with Gasteiger partial charge in [0, 0.05) is 12.1 Å². The molecule has 4 aromatic heterocycles. The molecule has 368 valence electrons. The minimum Gasteiger partial charge on any atom is -0.505 e. The average Bonchev–Trinajstić information content (AvgIpc) is 4.21. The SMILES string of the molecule is COC(=O)c1cccc([N+](=O)[O-])c1O.NC(=O)c1cccc(N)c1O.NC(=O)c1cccc([N+](=O)[O-])c1O.c1cc2c3oc(nc3c1)-c1cccc3nc(oc13)-c1cccc3nc(oc13)-c1cccc3nc-2oc13. The Bertz CT molecular complexity index is 3740. The Morgan fingerprint density at radius 3 is 1.08 bits per heavy atom. The first-order valence-corrected chi connectivity index (χ1v) is 21.3. The molecule has 0 spiro atoms. The number of hydrogen-bond acceptors (Lipinski definition) is 20. The van der Waals surface area contributed by atoms with Gasteiger partial charge in [0.05, 0.1) is 56.0 Å². The molecule has 24 nitrogen and oxygen atoms in total. The number of anilines is 1. The van der Waals surface area contributed by atoms with Crippen molar-refractivity contribution in [2.75, 3.05) is 12.8 Å². The van der Waals surface area contributed by atoms with Gasteiger partial charge in [0.15, 0.2) is 28.1 Å². The van der Waals surface area contributed by atoms with E-state index in [4.69, 9.17) is 59.9 Å². The first kappa shape index (κ1) is 47.9. The number of hydrogen-bond donors (Lipinski definition) is 6. The third kappa shape index (κ3) is 8.85. The number of para-hydroxylation sites is 7. The van der Waals surface area contributed by atoms with Crippen molar-refractivity contribution in [2.24, 2.45) is 11.5 Å². The summed E-state index contributed by atoms with van der Waals surface area (Å²) in [6.45, 7) is 0. The van der Waals surface area contributed by atoms with Gasteiger partial charge in [-0.05, 0) is 72.8 Å². The minimum atomic E-state index is -0.902. The molecule has 1 aliphatic rings. The van der Waals surface area contributed by atoms with E-state index >= 15 is 0 Å². The second kappa shape index (κ2) is 19.3. The van der Waals surface area contributed by atoms with Crippen LogP contribution in [0, 0.1) is 20.2 Å². The molecule has 0 aliphatic carbocycles. The number of esters is 1. The number of fused-ring (bicyclic) bond motifs is 8. The number of rotatable bonds is 5. The first-order chi connectivity index (χ1) is 35.5. The summed E-state index contributed by atoms with van der Waals surface area (Å²) in [7, 11) is 1.13. The van der Waals surface area contributed by atoms with Gasteiger partial charge in [-0.2, -0.15) is 0 Å². The fourth-order valence-electron chi connectivity index (χ4n) is 7.52. The zero-order valence-corrected chi connectivity index (χ0v) is 37.8. The van der Waals surface area contributed by atoms with Crippen LogP contribution in [0.4, 0.5) is 17.1 Å². The summed E-state index contributed by atoms with van der Waals surface area (Å²) in [5.74, 6) is -2.32. The van der Waals surface area contributed by atoms with Crippen LogP contribution in [0.5, 0.6) is 17.2 Å². The van der Waals surface area contributed by atoms with Crippen LogP contribution in [-0.2, 0) is 4.74 Å². The number of aromatic hydroxyl groups is 3. The summed E-state index contributed by atoms with van der Waals surface area (Å²) < 4.78 is 29.6. The number of benzene rings is 7. The summed E-state index contributed by atoms with van der Waals surface area (Å²) in [4.78, 5) is 70.3. The maximum Gasteiger partial charge on any atom is 0.341 e. The predicted octanol–water partition coefficient (Wildman–Crippen LogP) is 8.79. The van der Waals surface area contributed by atoms with Crippen LogP contribution in [0.2, 0.25) is 0 Å². The molecule has 24 heteroatoms. The highest BCUT2D eigenvalue weighted by Crippen LogP contribution is 2.41. The van der Waals surface area contributed by atoms with E-state index < -0.39 is 50.5 Å². The number of primary amides is 2. The van der Waals surface area contributed by atoms with Crippen molar-refractivity contribution in [3.63, 3.8) is 0 Å². The summed E-state index contributed by atoms with van der Waals surface area (Å²) in [5.41, 5.74) is 21.6. The third-order valence-corrected chi connectivity index (χ3v) is 11.0. The average molecular weight is 1000 g/mol. The highest BCUT2D eigenvalue weighted by atomic mass is 16.6. The zero-order chi connectivity index (χ0) is 52.5. The molecule has 8 bridgehead atoms. The van der Waals surface area contributed by atoms with E-state index in [1.54, 1.807) is 6.07 Å². The van der Waals surface area contributed by atoms with Gasteiger partial charge in [-0.15, -0.1) is 0 Å². The number of phenols is 3. The maximum absolute atomic E-state index is 11.0. The molecular formula is C50H33N9O15. The molecule has 9 N–H and O–H groups in total. The second-order valence-corrected chi connectivity index (χ2v) is 15.5. The molecular weight excluding hydrogens is 967 g/mol. The van der Waals surface area contributed by atoms with Crippen LogP contribution in [-0.4, -0.2) is 70.0 Å². The molecule has 2 amide bonds. The van der Waals surface area contributed by atoms with Crippen molar-refractivity contribution in [3.8, 4) is 63.1 Å². The van der Waals surface area contributed by atoms with E-state index in [1.165, 1.54) is 36.4 Å². The molecule has 11 aromatic rings. The second-order valence-electron chi connectivity index (χ2n) is 15.5. The van der Waals surface area contributed by atoms with Crippen LogP contribution in [0.1, 0.15) is 31.1 Å². The maximum atomic E-state index is 11.0. The number of oxazole rings is 4. The van der Waals surface area contributed by atoms with Crippen molar-refractivity contribution in [1.29, 1.82) is 0 Å². The van der Waals surface area contributed by atoms with E-state index in [0.29, 0.717) is 90.2 Å².